The fourth-order valence-corrected chi connectivity index (χ4v) is 5.28. The normalized spacial score (nSPS) is 20.8. The molecule has 1 fully saturated rings. The van der Waals surface area contributed by atoms with E-state index in [1.807, 2.05) is 0 Å². The number of rotatable bonds is 3. The molecule has 9 heteroatoms. The highest BCUT2D eigenvalue weighted by Crippen LogP contribution is 2.24. The van der Waals surface area contributed by atoms with Gasteiger partial charge in [-0.25, -0.2) is 8.42 Å². The lowest BCUT2D eigenvalue weighted by atomic mass is 10.1. The van der Waals surface area contributed by atoms with Crippen molar-refractivity contribution in [1.82, 2.24) is 14.6 Å². The van der Waals surface area contributed by atoms with Gasteiger partial charge < -0.3 is 10.3 Å². The van der Waals surface area contributed by atoms with Gasteiger partial charge >= 0.3 is 4.87 Å². The molecule has 20 heavy (non-hydrogen) atoms. The summed E-state index contributed by atoms with van der Waals surface area (Å²) in [6.07, 6.45) is 1.44. The fraction of sp³-hybridized carbons (Fsp3) is 0.636. The molecule has 1 aromatic heterocycles. The SMILES string of the molecule is CC(=O)NC1CCCN(S(=O)(=O)c2sc(=O)[nH]c2C)C1. The monoisotopic (exact) mass is 319 g/mol. The Hall–Kier alpha value is -1.19. The Morgan fingerprint density at radius 3 is 2.75 bits per heavy atom. The highest BCUT2D eigenvalue weighted by atomic mass is 32.2. The maximum atomic E-state index is 12.5. The second kappa shape index (κ2) is 5.66. The molecule has 1 saturated heterocycles. The predicted octanol–water partition coefficient (Wildman–Crippen LogP) is 0.0340. The number of hydrogen-bond acceptors (Lipinski definition) is 5. The Bertz CT molecular complexity index is 661. The van der Waals surface area contributed by atoms with Crippen LogP contribution in [0.25, 0.3) is 0 Å². The average Bonchev–Trinajstić information content (AvgIpc) is 2.68. The van der Waals surface area contributed by atoms with Gasteiger partial charge in [-0.15, -0.1) is 0 Å². The van der Waals surface area contributed by atoms with Crippen LogP contribution in [0.4, 0.5) is 0 Å². The van der Waals surface area contributed by atoms with Gasteiger partial charge in [0.1, 0.15) is 0 Å². The van der Waals surface area contributed by atoms with Crippen LogP contribution < -0.4 is 10.2 Å². The fourth-order valence-electron chi connectivity index (χ4n) is 2.32. The molecular weight excluding hydrogens is 302 g/mol. The first-order chi connectivity index (χ1) is 9.30. The van der Waals surface area contributed by atoms with Crippen LogP contribution in [0, 0.1) is 6.92 Å². The number of nitrogens with zero attached hydrogens (tertiary/aromatic N) is 1. The standard InChI is InChI=1S/C11H17N3O4S2/c1-7-10(19-11(16)12-7)20(17,18)14-5-3-4-9(6-14)13-8(2)15/h9H,3-6H2,1-2H3,(H,12,16)(H,13,15). The highest BCUT2D eigenvalue weighted by Gasteiger charge is 2.33. The van der Waals surface area contributed by atoms with Crippen molar-refractivity contribution in [3.05, 3.63) is 15.4 Å². The van der Waals surface area contributed by atoms with Crippen molar-refractivity contribution in [1.29, 1.82) is 0 Å². The molecule has 1 aromatic rings. The molecule has 0 aromatic carbocycles. The molecule has 2 N–H and O–H groups in total. The van der Waals surface area contributed by atoms with Crippen LogP contribution >= 0.6 is 11.3 Å². The first-order valence-corrected chi connectivity index (χ1v) is 8.53. The van der Waals surface area contributed by atoms with Crippen molar-refractivity contribution in [2.24, 2.45) is 0 Å². The summed E-state index contributed by atoms with van der Waals surface area (Å²) in [6.45, 7) is 3.63. The molecule has 0 radical (unpaired) electrons. The second-order valence-corrected chi connectivity index (χ2v) is 7.95. The van der Waals surface area contributed by atoms with Crippen LogP contribution in [-0.2, 0) is 14.8 Å². The maximum Gasteiger partial charge on any atom is 0.305 e. The minimum Gasteiger partial charge on any atom is -0.352 e. The largest absolute Gasteiger partial charge is 0.352 e. The molecule has 1 unspecified atom stereocenters. The number of thiazole rings is 1. The molecule has 1 atom stereocenters. The Kier molecular flexibility index (Phi) is 4.31. The Balaban J connectivity index is 2.23. The van der Waals surface area contributed by atoms with Crippen LogP contribution in [0.1, 0.15) is 25.5 Å². The third-order valence-corrected chi connectivity index (χ3v) is 6.59. The number of nitrogens with one attached hydrogen (secondary N) is 2. The topological polar surface area (TPSA) is 99.3 Å². The molecule has 0 spiro atoms. The summed E-state index contributed by atoms with van der Waals surface area (Å²) in [5, 5.41) is 2.74. The lowest BCUT2D eigenvalue weighted by Gasteiger charge is -2.31. The lowest BCUT2D eigenvalue weighted by Crippen LogP contribution is -2.49. The molecule has 7 nitrogen and oxygen atoms in total. The highest BCUT2D eigenvalue weighted by molar-refractivity contribution is 7.91. The summed E-state index contributed by atoms with van der Waals surface area (Å²) < 4.78 is 26.4. The first-order valence-electron chi connectivity index (χ1n) is 6.27. The zero-order chi connectivity index (χ0) is 14.9. The van der Waals surface area contributed by atoms with Crippen LogP contribution in [0.15, 0.2) is 9.00 Å². The summed E-state index contributed by atoms with van der Waals surface area (Å²) in [7, 11) is -3.67. The van der Waals surface area contributed by atoms with Crippen LogP contribution in [0.2, 0.25) is 0 Å². The van der Waals surface area contributed by atoms with E-state index in [0.717, 1.165) is 6.42 Å². The van der Waals surface area contributed by atoms with E-state index in [1.54, 1.807) is 6.92 Å². The van der Waals surface area contributed by atoms with Crippen molar-refractivity contribution in [3.8, 4) is 0 Å². The van der Waals surface area contributed by atoms with Gasteiger partial charge in [-0.2, -0.15) is 4.31 Å². The molecule has 1 aliphatic heterocycles. The third-order valence-electron chi connectivity index (χ3n) is 3.15. The molecule has 2 heterocycles. The van der Waals surface area contributed by atoms with Crippen molar-refractivity contribution in [2.45, 2.75) is 36.9 Å². The van der Waals surface area contributed by atoms with Crippen molar-refractivity contribution in [2.75, 3.05) is 13.1 Å². The first kappa shape index (κ1) is 15.2. The van der Waals surface area contributed by atoms with Crippen LogP contribution in [-0.4, -0.2) is 42.7 Å². The van der Waals surface area contributed by atoms with Crippen molar-refractivity contribution in [3.63, 3.8) is 0 Å². The number of aromatic amines is 1. The number of sulfonamides is 1. The predicted molar refractivity (Wildman–Crippen MR) is 75.3 cm³/mol. The zero-order valence-corrected chi connectivity index (χ0v) is 12.9. The minimum atomic E-state index is -3.67. The van der Waals surface area contributed by atoms with Gasteiger partial charge in [0, 0.05) is 31.7 Å². The minimum absolute atomic E-state index is 0.0611. The quantitative estimate of drug-likeness (QED) is 0.821. The summed E-state index contributed by atoms with van der Waals surface area (Å²) in [5.41, 5.74) is 0.363. The van der Waals surface area contributed by atoms with E-state index >= 15 is 0 Å². The van der Waals surface area contributed by atoms with E-state index < -0.39 is 10.0 Å². The van der Waals surface area contributed by atoms with E-state index in [1.165, 1.54) is 11.2 Å². The summed E-state index contributed by atoms with van der Waals surface area (Å²) >= 11 is 0.702. The van der Waals surface area contributed by atoms with Gasteiger partial charge in [0.05, 0.1) is 0 Å². The van der Waals surface area contributed by atoms with Crippen LogP contribution in [0.3, 0.4) is 0 Å². The molecule has 1 amide bonds. The number of aromatic nitrogens is 1. The van der Waals surface area contributed by atoms with Gasteiger partial charge in [0.2, 0.25) is 5.91 Å². The van der Waals surface area contributed by atoms with E-state index in [9.17, 15) is 18.0 Å². The average molecular weight is 319 g/mol. The summed E-state index contributed by atoms with van der Waals surface area (Å²) in [5.74, 6) is -0.170. The second-order valence-electron chi connectivity index (χ2n) is 4.83. The third kappa shape index (κ3) is 3.10. The lowest BCUT2D eigenvalue weighted by molar-refractivity contribution is -0.119. The Labute approximate surface area is 121 Å². The van der Waals surface area contributed by atoms with Gasteiger partial charge in [-0.05, 0) is 19.8 Å². The molecule has 1 aliphatic rings. The number of H-pyrrole nitrogens is 1. The zero-order valence-electron chi connectivity index (χ0n) is 11.3. The molecule has 0 bridgehead atoms. The number of piperidine rings is 1. The summed E-state index contributed by atoms with van der Waals surface area (Å²) in [6, 6.07) is -0.174. The Morgan fingerprint density at radius 1 is 1.50 bits per heavy atom. The molecular formula is C11H17N3O4S2. The number of amides is 1. The van der Waals surface area contributed by atoms with Crippen molar-refractivity contribution >= 4 is 27.3 Å². The molecule has 0 aliphatic carbocycles. The number of carbonyl (C=O) groups is 1. The van der Waals surface area contributed by atoms with Gasteiger partial charge in [0.15, 0.2) is 4.21 Å². The smallest absolute Gasteiger partial charge is 0.305 e. The van der Waals surface area contributed by atoms with Gasteiger partial charge in [0.25, 0.3) is 10.0 Å². The van der Waals surface area contributed by atoms with Gasteiger partial charge in [-0.3, -0.25) is 9.59 Å². The van der Waals surface area contributed by atoms with E-state index in [0.29, 0.717) is 30.0 Å². The number of carbonyl (C=O) groups excluding carboxylic acids is 1. The summed E-state index contributed by atoms with van der Waals surface area (Å²) in [4.78, 5) is 24.5. The van der Waals surface area contributed by atoms with E-state index in [-0.39, 0.29) is 27.6 Å². The van der Waals surface area contributed by atoms with E-state index in [2.05, 4.69) is 10.3 Å². The molecule has 2 rings (SSSR count). The maximum absolute atomic E-state index is 12.5. The number of hydrogen-bond donors (Lipinski definition) is 2. The molecule has 112 valence electrons. The molecule has 0 saturated carbocycles. The van der Waals surface area contributed by atoms with Crippen LogP contribution in [0.5, 0.6) is 0 Å². The van der Waals surface area contributed by atoms with E-state index in [4.69, 9.17) is 0 Å². The van der Waals surface area contributed by atoms with Gasteiger partial charge in [-0.1, -0.05) is 11.3 Å². The van der Waals surface area contributed by atoms with Crippen molar-refractivity contribution < 1.29 is 13.2 Å². The Morgan fingerprint density at radius 2 is 2.20 bits per heavy atom. The number of aryl methyl sites for hydroxylation is 1.